The van der Waals surface area contributed by atoms with Crippen LogP contribution in [-0.2, 0) is 13.6 Å². The van der Waals surface area contributed by atoms with Crippen LogP contribution in [0.1, 0.15) is 5.69 Å². The summed E-state index contributed by atoms with van der Waals surface area (Å²) in [6.07, 6.45) is 1.92. The average Bonchev–Trinajstić information content (AvgIpc) is 2.82. The van der Waals surface area contributed by atoms with Crippen molar-refractivity contribution in [1.29, 1.82) is 0 Å². The molecular formula is C14H15N5. The van der Waals surface area contributed by atoms with E-state index in [1.165, 1.54) is 0 Å². The van der Waals surface area contributed by atoms with Gasteiger partial charge < -0.3 is 11.1 Å². The molecule has 3 rings (SSSR count). The molecule has 1 aromatic carbocycles. The first-order valence-corrected chi connectivity index (χ1v) is 6.09. The summed E-state index contributed by atoms with van der Waals surface area (Å²) >= 11 is 0. The van der Waals surface area contributed by atoms with E-state index in [1.807, 2.05) is 49.6 Å². The Balaban J connectivity index is 1.79. The summed E-state index contributed by atoms with van der Waals surface area (Å²) in [7, 11) is 1.90. The topological polar surface area (TPSA) is 68.8 Å². The number of nitrogens with zero attached hydrogens (tertiary/aromatic N) is 3. The van der Waals surface area contributed by atoms with Gasteiger partial charge in [-0.2, -0.15) is 5.10 Å². The fourth-order valence-corrected chi connectivity index (χ4v) is 1.98. The Morgan fingerprint density at radius 3 is 2.89 bits per heavy atom. The average molecular weight is 253 g/mol. The molecule has 0 unspecified atom stereocenters. The number of nitrogen functional groups attached to an aromatic ring is 1. The number of nitrogens with one attached hydrogen (secondary N) is 1. The van der Waals surface area contributed by atoms with Gasteiger partial charge in [-0.05, 0) is 36.4 Å². The van der Waals surface area contributed by atoms with Crippen LogP contribution in [0.2, 0.25) is 0 Å². The molecule has 0 atom stereocenters. The minimum Gasteiger partial charge on any atom is -0.399 e. The van der Waals surface area contributed by atoms with Crippen molar-refractivity contribution in [1.82, 2.24) is 14.8 Å². The van der Waals surface area contributed by atoms with Crippen LogP contribution >= 0.6 is 0 Å². The number of hydrogen-bond acceptors (Lipinski definition) is 4. The zero-order chi connectivity index (χ0) is 13.2. The van der Waals surface area contributed by atoms with Crippen molar-refractivity contribution in [2.24, 2.45) is 7.05 Å². The van der Waals surface area contributed by atoms with Crippen molar-refractivity contribution < 1.29 is 0 Å². The molecule has 0 aliphatic rings. The van der Waals surface area contributed by atoms with Gasteiger partial charge in [0, 0.05) is 24.3 Å². The van der Waals surface area contributed by atoms with Crippen molar-refractivity contribution in [2.45, 2.75) is 6.54 Å². The van der Waals surface area contributed by atoms with Crippen LogP contribution < -0.4 is 11.1 Å². The number of pyridine rings is 1. The molecule has 5 heteroatoms. The molecule has 0 spiro atoms. The molecule has 5 nitrogen and oxygen atoms in total. The van der Waals surface area contributed by atoms with Gasteiger partial charge >= 0.3 is 0 Å². The molecule has 2 heterocycles. The monoisotopic (exact) mass is 253 g/mol. The molecule has 0 bridgehead atoms. The van der Waals surface area contributed by atoms with Gasteiger partial charge in [0.05, 0.1) is 17.8 Å². The van der Waals surface area contributed by atoms with Gasteiger partial charge in [-0.25, -0.2) is 4.98 Å². The lowest BCUT2D eigenvalue weighted by Gasteiger charge is -2.05. The Bertz CT molecular complexity index is 717. The van der Waals surface area contributed by atoms with E-state index in [2.05, 4.69) is 15.4 Å². The molecule has 3 N–H and O–H groups in total. The first-order valence-electron chi connectivity index (χ1n) is 6.09. The summed E-state index contributed by atoms with van der Waals surface area (Å²) in [5.74, 6) is 0.836. The minimum absolute atomic E-state index is 0.661. The first kappa shape index (κ1) is 11.5. The molecule has 0 saturated heterocycles. The fourth-order valence-electron chi connectivity index (χ4n) is 1.98. The highest BCUT2D eigenvalue weighted by Gasteiger charge is 2.00. The number of anilines is 2. The number of fused-ring (bicyclic) bond motifs is 1. The van der Waals surface area contributed by atoms with Crippen LogP contribution in [0.3, 0.4) is 0 Å². The maximum absolute atomic E-state index is 5.74. The summed E-state index contributed by atoms with van der Waals surface area (Å²) in [6.45, 7) is 0.661. The van der Waals surface area contributed by atoms with Crippen molar-refractivity contribution in [3.05, 3.63) is 48.3 Å². The first-order chi connectivity index (χ1) is 9.20. The molecule has 0 saturated carbocycles. The number of nitrogens with two attached hydrogens (primary N) is 1. The number of rotatable bonds is 3. The molecule has 2 aromatic heterocycles. The van der Waals surface area contributed by atoms with Crippen molar-refractivity contribution in [3.8, 4) is 0 Å². The third-order valence-corrected chi connectivity index (χ3v) is 2.93. The van der Waals surface area contributed by atoms with E-state index >= 15 is 0 Å². The van der Waals surface area contributed by atoms with Crippen molar-refractivity contribution in [3.63, 3.8) is 0 Å². The van der Waals surface area contributed by atoms with E-state index < -0.39 is 0 Å². The number of aromatic nitrogens is 3. The van der Waals surface area contributed by atoms with E-state index in [4.69, 9.17) is 5.73 Å². The summed E-state index contributed by atoms with van der Waals surface area (Å²) in [5, 5.41) is 8.62. The zero-order valence-corrected chi connectivity index (χ0v) is 10.7. The number of aryl methyl sites for hydroxylation is 1. The summed E-state index contributed by atoms with van der Waals surface area (Å²) < 4.78 is 1.79. The molecule has 0 amide bonds. The van der Waals surface area contributed by atoms with Gasteiger partial charge in [0.1, 0.15) is 5.82 Å². The number of benzene rings is 1. The lowest BCUT2D eigenvalue weighted by Crippen LogP contribution is -2.02. The number of hydrogen-bond donors (Lipinski definition) is 2. The van der Waals surface area contributed by atoms with E-state index in [-0.39, 0.29) is 0 Å². The maximum atomic E-state index is 5.74. The lowest BCUT2D eigenvalue weighted by molar-refractivity contribution is 0.747. The summed E-state index contributed by atoms with van der Waals surface area (Å²) in [6, 6.07) is 11.7. The van der Waals surface area contributed by atoms with Gasteiger partial charge in [-0.1, -0.05) is 0 Å². The van der Waals surface area contributed by atoms with Gasteiger partial charge in [0.2, 0.25) is 0 Å². The highest BCUT2D eigenvalue weighted by molar-refractivity contribution is 5.83. The van der Waals surface area contributed by atoms with Gasteiger partial charge in [-0.3, -0.25) is 4.68 Å². The molecule has 0 aliphatic carbocycles. The molecule has 0 radical (unpaired) electrons. The van der Waals surface area contributed by atoms with Crippen LogP contribution in [-0.4, -0.2) is 14.8 Å². The zero-order valence-electron chi connectivity index (χ0n) is 10.7. The predicted molar refractivity (Wildman–Crippen MR) is 76.7 cm³/mol. The molecule has 3 aromatic rings. The molecule has 0 aliphatic heterocycles. The summed E-state index contributed by atoms with van der Waals surface area (Å²) in [5.41, 5.74) is 8.42. The highest BCUT2D eigenvalue weighted by atomic mass is 15.3. The quantitative estimate of drug-likeness (QED) is 0.702. The Labute approximate surface area is 111 Å². The fraction of sp³-hybridized carbons (Fsp3) is 0.143. The minimum atomic E-state index is 0.661. The van der Waals surface area contributed by atoms with E-state index in [0.29, 0.717) is 6.54 Å². The van der Waals surface area contributed by atoms with Gasteiger partial charge in [0.15, 0.2) is 0 Å². The Hall–Kier alpha value is -2.56. The summed E-state index contributed by atoms with van der Waals surface area (Å²) in [4.78, 5) is 4.54. The van der Waals surface area contributed by atoms with Crippen LogP contribution in [0.4, 0.5) is 11.5 Å². The van der Waals surface area contributed by atoms with Crippen molar-refractivity contribution >= 4 is 22.4 Å². The smallest absolute Gasteiger partial charge is 0.126 e. The molecule has 0 fully saturated rings. The van der Waals surface area contributed by atoms with Crippen LogP contribution in [0.5, 0.6) is 0 Å². The van der Waals surface area contributed by atoms with Crippen LogP contribution in [0.25, 0.3) is 10.9 Å². The van der Waals surface area contributed by atoms with Crippen LogP contribution in [0, 0.1) is 0 Å². The lowest BCUT2D eigenvalue weighted by atomic mass is 10.2. The largest absolute Gasteiger partial charge is 0.399 e. The normalized spacial score (nSPS) is 10.8. The second-order valence-electron chi connectivity index (χ2n) is 4.48. The second-order valence-corrected chi connectivity index (χ2v) is 4.48. The van der Waals surface area contributed by atoms with Gasteiger partial charge in [0.25, 0.3) is 0 Å². The standard InChI is InChI=1S/C14H15N5/c1-19-7-6-12(18-19)9-16-14-5-2-10-8-11(15)3-4-13(10)17-14/h2-8H,9,15H2,1H3,(H,16,17). The predicted octanol–water partition coefficient (Wildman–Crippen LogP) is 2.16. The SMILES string of the molecule is Cn1ccc(CNc2ccc3cc(N)ccc3n2)n1. The molecule has 96 valence electrons. The Morgan fingerprint density at radius 2 is 2.11 bits per heavy atom. The third-order valence-electron chi connectivity index (χ3n) is 2.93. The molecule has 19 heavy (non-hydrogen) atoms. The van der Waals surface area contributed by atoms with E-state index in [9.17, 15) is 0 Å². The Morgan fingerprint density at radius 1 is 1.21 bits per heavy atom. The second kappa shape index (κ2) is 4.61. The van der Waals surface area contributed by atoms with Crippen LogP contribution in [0.15, 0.2) is 42.6 Å². The third kappa shape index (κ3) is 2.49. The maximum Gasteiger partial charge on any atom is 0.126 e. The highest BCUT2D eigenvalue weighted by Crippen LogP contribution is 2.18. The van der Waals surface area contributed by atoms with E-state index in [1.54, 1.807) is 4.68 Å². The van der Waals surface area contributed by atoms with Crippen molar-refractivity contribution in [2.75, 3.05) is 11.1 Å². The molecular weight excluding hydrogens is 238 g/mol. The Kier molecular flexibility index (Phi) is 2.79. The van der Waals surface area contributed by atoms with Gasteiger partial charge in [-0.15, -0.1) is 0 Å². The van der Waals surface area contributed by atoms with E-state index in [0.717, 1.165) is 28.1 Å².